The highest BCUT2D eigenvalue weighted by molar-refractivity contribution is 8.00. The summed E-state index contributed by atoms with van der Waals surface area (Å²) in [5, 5.41) is 9.76. The van der Waals surface area contributed by atoms with Gasteiger partial charge in [-0.15, -0.1) is 0 Å². The van der Waals surface area contributed by atoms with Crippen LogP contribution in [-0.2, 0) is 4.79 Å². The second kappa shape index (κ2) is 4.34. The van der Waals surface area contributed by atoms with Gasteiger partial charge < -0.3 is 5.11 Å². The molecule has 2 aliphatic rings. The Labute approximate surface area is 95.2 Å². The Kier molecular flexibility index (Phi) is 3.26. The summed E-state index contributed by atoms with van der Waals surface area (Å²) in [6, 6.07) is 0. The fraction of sp³-hybridized carbons (Fsp3) is 0.909. The zero-order valence-electron chi connectivity index (χ0n) is 9.24. The van der Waals surface area contributed by atoms with Crippen LogP contribution in [0.25, 0.3) is 0 Å². The van der Waals surface area contributed by atoms with Crippen molar-refractivity contribution in [2.75, 3.05) is 18.8 Å². The molecular weight excluding hydrogens is 210 g/mol. The Morgan fingerprint density at radius 3 is 2.53 bits per heavy atom. The van der Waals surface area contributed by atoms with Gasteiger partial charge in [0.05, 0.1) is 0 Å². The van der Waals surface area contributed by atoms with Crippen molar-refractivity contribution in [3.63, 3.8) is 0 Å². The van der Waals surface area contributed by atoms with E-state index in [-0.39, 0.29) is 5.25 Å². The maximum Gasteiger partial charge on any atom is 0.325 e. The van der Waals surface area contributed by atoms with E-state index in [1.807, 2.05) is 0 Å². The molecule has 0 aromatic rings. The molecule has 0 aromatic carbocycles. The summed E-state index contributed by atoms with van der Waals surface area (Å²) in [6.07, 6.45) is 4.39. The SMILES string of the molecule is CC1SCCC1(C(=O)O)N1CCCCC1. The number of likely N-dealkylation sites (tertiary alicyclic amines) is 1. The van der Waals surface area contributed by atoms with E-state index in [1.165, 1.54) is 6.42 Å². The van der Waals surface area contributed by atoms with Crippen molar-refractivity contribution < 1.29 is 9.90 Å². The minimum Gasteiger partial charge on any atom is -0.480 e. The van der Waals surface area contributed by atoms with E-state index in [9.17, 15) is 9.90 Å². The number of rotatable bonds is 2. The van der Waals surface area contributed by atoms with Crippen molar-refractivity contribution in [2.24, 2.45) is 0 Å². The van der Waals surface area contributed by atoms with Gasteiger partial charge in [0.2, 0.25) is 0 Å². The number of carboxylic acid groups (broad SMARTS) is 1. The van der Waals surface area contributed by atoms with E-state index in [0.29, 0.717) is 0 Å². The number of thioether (sulfide) groups is 1. The third-order valence-electron chi connectivity index (χ3n) is 3.81. The zero-order chi connectivity index (χ0) is 10.9. The highest BCUT2D eigenvalue weighted by Crippen LogP contribution is 2.41. The summed E-state index contributed by atoms with van der Waals surface area (Å²) in [7, 11) is 0. The van der Waals surface area contributed by atoms with E-state index >= 15 is 0 Å². The van der Waals surface area contributed by atoms with Crippen LogP contribution in [0.2, 0.25) is 0 Å². The number of nitrogens with zero attached hydrogens (tertiary/aromatic N) is 1. The molecule has 1 N–H and O–H groups in total. The molecule has 0 saturated carbocycles. The van der Waals surface area contributed by atoms with Crippen molar-refractivity contribution in [1.29, 1.82) is 0 Å². The Balaban J connectivity index is 2.21. The molecule has 0 spiro atoms. The van der Waals surface area contributed by atoms with Crippen LogP contribution in [-0.4, -0.2) is 45.6 Å². The number of carboxylic acids is 1. The molecule has 4 heteroatoms. The van der Waals surface area contributed by atoms with Gasteiger partial charge in [0.15, 0.2) is 0 Å². The molecule has 2 aliphatic heterocycles. The van der Waals surface area contributed by atoms with Gasteiger partial charge in [-0.25, -0.2) is 0 Å². The number of hydrogen-bond donors (Lipinski definition) is 1. The van der Waals surface area contributed by atoms with Crippen LogP contribution < -0.4 is 0 Å². The standard InChI is InChI=1S/C11H19NO2S/c1-9-11(10(13)14,5-8-15-9)12-6-3-2-4-7-12/h9H,2-8H2,1H3,(H,13,14). The molecule has 2 heterocycles. The molecular formula is C11H19NO2S. The van der Waals surface area contributed by atoms with Crippen LogP contribution in [0.3, 0.4) is 0 Å². The molecule has 0 bridgehead atoms. The maximum atomic E-state index is 11.6. The molecule has 0 radical (unpaired) electrons. The molecule has 3 nitrogen and oxygen atoms in total. The minimum absolute atomic E-state index is 0.230. The Morgan fingerprint density at radius 1 is 1.40 bits per heavy atom. The fourth-order valence-corrected chi connectivity index (χ4v) is 4.28. The summed E-state index contributed by atoms with van der Waals surface area (Å²) < 4.78 is 0. The molecule has 2 fully saturated rings. The third-order valence-corrected chi connectivity index (χ3v) is 5.14. The summed E-state index contributed by atoms with van der Waals surface area (Å²) in [4.78, 5) is 13.8. The number of hydrogen-bond acceptors (Lipinski definition) is 3. The molecule has 2 atom stereocenters. The number of carbonyl (C=O) groups is 1. The lowest BCUT2D eigenvalue weighted by Gasteiger charge is -2.42. The van der Waals surface area contributed by atoms with Gasteiger partial charge in [-0.05, 0) is 38.1 Å². The van der Waals surface area contributed by atoms with E-state index < -0.39 is 11.5 Å². The van der Waals surface area contributed by atoms with Crippen molar-refractivity contribution in [2.45, 2.75) is 43.4 Å². The summed E-state index contributed by atoms with van der Waals surface area (Å²) in [5.74, 6) is 0.381. The largest absolute Gasteiger partial charge is 0.480 e. The fourth-order valence-electron chi connectivity index (χ4n) is 2.86. The Morgan fingerprint density at radius 2 is 2.07 bits per heavy atom. The topological polar surface area (TPSA) is 40.5 Å². The molecule has 2 rings (SSSR count). The summed E-state index contributed by atoms with van der Waals surface area (Å²) >= 11 is 1.80. The van der Waals surface area contributed by atoms with Crippen LogP contribution in [0.5, 0.6) is 0 Å². The van der Waals surface area contributed by atoms with Crippen molar-refractivity contribution in [3.05, 3.63) is 0 Å². The monoisotopic (exact) mass is 229 g/mol. The maximum absolute atomic E-state index is 11.6. The first-order valence-electron chi connectivity index (χ1n) is 5.78. The van der Waals surface area contributed by atoms with Crippen LogP contribution in [0.4, 0.5) is 0 Å². The second-order valence-electron chi connectivity index (χ2n) is 4.54. The predicted molar refractivity (Wildman–Crippen MR) is 62.3 cm³/mol. The Hall–Kier alpha value is -0.220. The van der Waals surface area contributed by atoms with E-state index in [2.05, 4.69) is 11.8 Å². The highest BCUT2D eigenvalue weighted by atomic mass is 32.2. The average molecular weight is 229 g/mol. The summed E-state index contributed by atoms with van der Waals surface area (Å²) in [5.41, 5.74) is -0.564. The lowest BCUT2D eigenvalue weighted by atomic mass is 9.88. The lowest BCUT2D eigenvalue weighted by molar-refractivity contribution is -0.152. The van der Waals surface area contributed by atoms with Gasteiger partial charge in [0.25, 0.3) is 0 Å². The Bertz CT molecular complexity index is 253. The van der Waals surface area contributed by atoms with Gasteiger partial charge in [0.1, 0.15) is 5.54 Å². The summed E-state index contributed by atoms with van der Waals surface area (Å²) in [6.45, 7) is 4.01. The molecule has 86 valence electrons. The molecule has 15 heavy (non-hydrogen) atoms. The van der Waals surface area contributed by atoms with Gasteiger partial charge in [-0.3, -0.25) is 9.69 Å². The molecule has 0 aliphatic carbocycles. The third kappa shape index (κ3) is 1.78. The first-order valence-corrected chi connectivity index (χ1v) is 6.83. The predicted octanol–water partition coefficient (Wildman–Crippen LogP) is 1.82. The quantitative estimate of drug-likeness (QED) is 0.784. The first kappa shape index (κ1) is 11.3. The molecule has 2 saturated heterocycles. The van der Waals surface area contributed by atoms with Crippen molar-refractivity contribution in [1.82, 2.24) is 4.90 Å². The van der Waals surface area contributed by atoms with Crippen LogP contribution in [0, 0.1) is 0 Å². The van der Waals surface area contributed by atoms with Gasteiger partial charge >= 0.3 is 5.97 Å². The van der Waals surface area contributed by atoms with E-state index in [4.69, 9.17) is 0 Å². The van der Waals surface area contributed by atoms with Gasteiger partial charge in [-0.2, -0.15) is 11.8 Å². The van der Waals surface area contributed by atoms with E-state index in [1.54, 1.807) is 11.8 Å². The van der Waals surface area contributed by atoms with Crippen LogP contribution >= 0.6 is 11.8 Å². The second-order valence-corrected chi connectivity index (χ2v) is 5.99. The van der Waals surface area contributed by atoms with E-state index in [0.717, 1.165) is 38.1 Å². The van der Waals surface area contributed by atoms with Crippen molar-refractivity contribution in [3.8, 4) is 0 Å². The molecule has 0 aromatic heterocycles. The van der Waals surface area contributed by atoms with Crippen LogP contribution in [0.15, 0.2) is 0 Å². The van der Waals surface area contributed by atoms with Crippen molar-refractivity contribution >= 4 is 17.7 Å². The normalized spacial score (nSPS) is 38.1. The molecule has 2 unspecified atom stereocenters. The number of piperidine rings is 1. The number of aliphatic carboxylic acids is 1. The average Bonchev–Trinajstić information content (AvgIpc) is 2.62. The smallest absolute Gasteiger partial charge is 0.325 e. The van der Waals surface area contributed by atoms with Crippen LogP contribution in [0.1, 0.15) is 32.6 Å². The lowest BCUT2D eigenvalue weighted by Crippen LogP contribution is -2.59. The molecule has 0 amide bonds. The van der Waals surface area contributed by atoms with Gasteiger partial charge in [0, 0.05) is 5.25 Å². The zero-order valence-corrected chi connectivity index (χ0v) is 10.1. The first-order chi connectivity index (χ1) is 7.18. The minimum atomic E-state index is -0.609. The van der Waals surface area contributed by atoms with Gasteiger partial charge in [-0.1, -0.05) is 13.3 Å². The highest BCUT2D eigenvalue weighted by Gasteiger charge is 2.52.